The van der Waals surface area contributed by atoms with Crippen LogP contribution in [0.2, 0.25) is 0 Å². The van der Waals surface area contributed by atoms with Crippen LogP contribution in [0.15, 0.2) is 4.52 Å². The van der Waals surface area contributed by atoms with E-state index in [1.807, 2.05) is 6.92 Å². The molecule has 1 amide bonds. The van der Waals surface area contributed by atoms with Crippen molar-refractivity contribution in [1.29, 1.82) is 0 Å². The number of amides is 1. The fourth-order valence-electron chi connectivity index (χ4n) is 3.79. The fraction of sp³-hybridized carbons (Fsp3) is 0.647. The summed E-state index contributed by atoms with van der Waals surface area (Å²) in [5.74, 6) is 1.63. The summed E-state index contributed by atoms with van der Waals surface area (Å²) >= 11 is 0. The smallest absolute Gasteiger partial charge is 0.274 e. The maximum absolute atomic E-state index is 13.0. The number of aryl methyl sites for hydroxylation is 1. The van der Waals surface area contributed by atoms with E-state index in [0.717, 1.165) is 49.2 Å². The van der Waals surface area contributed by atoms with Gasteiger partial charge in [-0.1, -0.05) is 5.16 Å². The number of aromatic amines is 1. The zero-order chi connectivity index (χ0) is 17.0. The number of hydrogen-bond donors (Lipinski definition) is 1. The number of fused-ring (bicyclic) bond motifs is 1. The van der Waals surface area contributed by atoms with Crippen molar-refractivity contribution in [1.82, 2.24) is 25.2 Å². The molecule has 3 heterocycles. The number of nitrogens with zero attached hydrogens (tertiary/aromatic N) is 4. The highest BCUT2D eigenvalue weighted by Crippen LogP contribution is 2.39. The van der Waals surface area contributed by atoms with Crippen molar-refractivity contribution in [2.24, 2.45) is 0 Å². The lowest BCUT2D eigenvalue weighted by atomic mass is 10.1. The molecule has 8 nitrogen and oxygen atoms in total. The maximum Gasteiger partial charge on any atom is 0.274 e. The van der Waals surface area contributed by atoms with Gasteiger partial charge in [-0.05, 0) is 39.0 Å². The number of ether oxygens (including phenoxy) is 1. The fourth-order valence-corrected chi connectivity index (χ4v) is 3.79. The van der Waals surface area contributed by atoms with Gasteiger partial charge in [-0.2, -0.15) is 10.1 Å². The molecule has 3 aliphatic rings. The first kappa shape index (κ1) is 15.1. The lowest BCUT2D eigenvalue weighted by Gasteiger charge is -2.35. The van der Waals surface area contributed by atoms with Crippen LogP contribution in [0.4, 0.5) is 0 Å². The number of H-pyrrole nitrogens is 1. The van der Waals surface area contributed by atoms with Gasteiger partial charge in [0.15, 0.2) is 17.6 Å². The molecule has 2 atom stereocenters. The van der Waals surface area contributed by atoms with E-state index in [-0.39, 0.29) is 18.1 Å². The van der Waals surface area contributed by atoms with Crippen molar-refractivity contribution in [3.8, 4) is 0 Å². The Hall–Kier alpha value is -2.22. The Balaban J connectivity index is 1.36. The van der Waals surface area contributed by atoms with Crippen LogP contribution < -0.4 is 0 Å². The summed E-state index contributed by atoms with van der Waals surface area (Å²) in [7, 11) is 0. The molecule has 2 aliphatic carbocycles. The van der Waals surface area contributed by atoms with Gasteiger partial charge in [-0.3, -0.25) is 9.89 Å². The second-order valence-corrected chi connectivity index (χ2v) is 7.29. The second-order valence-electron chi connectivity index (χ2n) is 7.29. The summed E-state index contributed by atoms with van der Waals surface area (Å²) in [6.07, 6.45) is 4.75. The van der Waals surface area contributed by atoms with Crippen LogP contribution in [0.5, 0.6) is 0 Å². The van der Waals surface area contributed by atoms with Crippen LogP contribution in [0.3, 0.4) is 0 Å². The zero-order valence-corrected chi connectivity index (χ0v) is 14.2. The number of aromatic nitrogens is 4. The Kier molecular flexibility index (Phi) is 3.41. The highest BCUT2D eigenvalue weighted by molar-refractivity contribution is 5.94. The minimum atomic E-state index is -0.375. The summed E-state index contributed by atoms with van der Waals surface area (Å²) in [5.41, 5.74) is 2.74. The highest BCUT2D eigenvalue weighted by atomic mass is 16.5. The van der Waals surface area contributed by atoms with E-state index in [4.69, 9.17) is 9.26 Å². The molecule has 1 saturated carbocycles. The molecule has 2 aromatic rings. The minimum absolute atomic E-state index is 0.0403. The van der Waals surface area contributed by atoms with E-state index in [9.17, 15) is 4.79 Å². The highest BCUT2D eigenvalue weighted by Gasteiger charge is 2.37. The van der Waals surface area contributed by atoms with Crippen molar-refractivity contribution in [3.63, 3.8) is 0 Å². The van der Waals surface area contributed by atoms with Crippen LogP contribution in [0.1, 0.15) is 71.7 Å². The standard InChI is InChI=1S/C17H21N5O3/c1-9-7-22(17(23)14-11-3-2-4-12(11)19-20-14)8-13(24-9)16-18-15(21-25-16)10-5-6-10/h9-10,13H,2-8H2,1H3,(H,19,20)/t9-,13-/m1/s1. The third-order valence-corrected chi connectivity index (χ3v) is 5.23. The van der Waals surface area contributed by atoms with Gasteiger partial charge in [-0.15, -0.1) is 0 Å². The summed E-state index contributed by atoms with van der Waals surface area (Å²) in [5, 5.41) is 11.3. The largest absolute Gasteiger partial charge is 0.362 e. The van der Waals surface area contributed by atoms with Crippen LogP contribution >= 0.6 is 0 Å². The van der Waals surface area contributed by atoms with E-state index in [1.165, 1.54) is 0 Å². The minimum Gasteiger partial charge on any atom is -0.362 e. The molecular formula is C17H21N5O3. The van der Waals surface area contributed by atoms with Crippen LogP contribution in [-0.4, -0.2) is 50.3 Å². The normalized spacial score (nSPS) is 26.0. The van der Waals surface area contributed by atoms with Crippen LogP contribution in [0.25, 0.3) is 0 Å². The first-order valence-electron chi connectivity index (χ1n) is 9.03. The number of morpholine rings is 1. The Morgan fingerprint density at radius 2 is 2.16 bits per heavy atom. The predicted molar refractivity (Wildman–Crippen MR) is 86.1 cm³/mol. The van der Waals surface area contributed by atoms with Gasteiger partial charge in [-0.25, -0.2) is 0 Å². The van der Waals surface area contributed by atoms with E-state index >= 15 is 0 Å². The van der Waals surface area contributed by atoms with Gasteiger partial charge < -0.3 is 14.2 Å². The topological polar surface area (TPSA) is 97.1 Å². The average Bonchev–Trinajstić information content (AvgIpc) is 3.01. The third-order valence-electron chi connectivity index (χ3n) is 5.23. The first-order valence-corrected chi connectivity index (χ1v) is 9.03. The number of carbonyl (C=O) groups excluding carboxylic acids is 1. The Morgan fingerprint density at radius 3 is 3.00 bits per heavy atom. The molecular weight excluding hydrogens is 322 g/mol. The SMILES string of the molecule is C[C@@H]1CN(C(=O)c2n[nH]c3c2CCC3)C[C@H](c2nc(C3CC3)no2)O1. The van der Waals surface area contributed by atoms with Crippen molar-refractivity contribution in [2.45, 2.75) is 57.2 Å². The molecule has 2 fully saturated rings. The molecule has 132 valence electrons. The lowest BCUT2D eigenvalue weighted by molar-refractivity contribution is -0.0811. The summed E-state index contributed by atoms with van der Waals surface area (Å²) in [6, 6.07) is 0. The van der Waals surface area contributed by atoms with Crippen molar-refractivity contribution in [3.05, 3.63) is 28.7 Å². The van der Waals surface area contributed by atoms with E-state index in [2.05, 4.69) is 20.3 Å². The molecule has 8 heteroatoms. The number of hydrogen-bond acceptors (Lipinski definition) is 6. The van der Waals surface area contributed by atoms with Gasteiger partial charge >= 0.3 is 0 Å². The van der Waals surface area contributed by atoms with Gasteiger partial charge in [0.25, 0.3) is 11.8 Å². The summed E-state index contributed by atoms with van der Waals surface area (Å²) < 4.78 is 11.4. The Labute approximate surface area is 144 Å². The van der Waals surface area contributed by atoms with E-state index in [1.54, 1.807) is 4.90 Å². The molecule has 1 aliphatic heterocycles. The zero-order valence-electron chi connectivity index (χ0n) is 14.2. The van der Waals surface area contributed by atoms with E-state index < -0.39 is 0 Å². The Bertz CT molecular complexity index is 809. The van der Waals surface area contributed by atoms with Crippen LogP contribution in [0, 0.1) is 0 Å². The first-order chi connectivity index (χ1) is 12.2. The Morgan fingerprint density at radius 1 is 1.28 bits per heavy atom. The molecule has 0 spiro atoms. The molecule has 0 bridgehead atoms. The lowest BCUT2D eigenvalue weighted by Crippen LogP contribution is -2.46. The molecule has 0 radical (unpaired) electrons. The molecule has 5 rings (SSSR count). The molecule has 0 aromatic carbocycles. The molecule has 2 aromatic heterocycles. The van der Waals surface area contributed by atoms with Gasteiger partial charge in [0.1, 0.15) is 0 Å². The number of nitrogens with one attached hydrogen (secondary N) is 1. The number of carbonyl (C=O) groups is 1. The molecule has 1 saturated heterocycles. The second kappa shape index (κ2) is 5.66. The predicted octanol–water partition coefficient (Wildman–Crippen LogP) is 1.76. The van der Waals surface area contributed by atoms with Crippen molar-refractivity contribution < 1.29 is 14.1 Å². The van der Waals surface area contributed by atoms with E-state index in [0.29, 0.717) is 30.6 Å². The maximum atomic E-state index is 13.0. The van der Waals surface area contributed by atoms with Gasteiger partial charge in [0.2, 0.25) is 0 Å². The quantitative estimate of drug-likeness (QED) is 0.912. The van der Waals surface area contributed by atoms with Gasteiger partial charge in [0, 0.05) is 23.7 Å². The number of rotatable bonds is 3. The van der Waals surface area contributed by atoms with Crippen LogP contribution in [-0.2, 0) is 17.6 Å². The molecule has 0 unspecified atom stereocenters. The third kappa shape index (κ3) is 2.64. The summed E-state index contributed by atoms with van der Waals surface area (Å²) in [4.78, 5) is 19.3. The molecule has 1 N–H and O–H groups in total. The van der Waals surface area contributed by atoms with Gasteiger partial charge in [0.05, 0.1) is 12.6 Å². The average molecular weight is 343 g/mol. The summed E-state index contributed by atoms with van der Waals surface area (Å²) in [6.45, 7) is 2.91. The van der Waals surface area contributed by atoms with Crippen molar-refractivity contribution >= 4 is 5.91 Å². The van der Waals surface area contributed by atoms with Crippen molar-refractivity contribution in [2.75, 3.05) is 13.1 Å². The molecule has 25 heavy (non-hydrogen) atoms. The monoisotopic (exact) mass is 343 g/mol.